The van der Waals surface area contributed by atoms with Crippen molar-refractivity contribution >= 4 is 11.8 Å². The van der Waals surface area contributed by atoms with Crippen molar-refractivity contribution in [2.75, 3.05) is 45.9 Å². The van der Waals surface area contributed by atoms with Crippen molar-refractivity contribution in [3.63, 3.8) is 0 Å². The van der Waals surface area contributed by atoms with Crippen LogP contribution in [0.25, 0.3) is 0 Å². The number of morpholine rings is 1. The molecule has 1 N–H and O–H groups in total. The highest BCUT2D eigenvalue weighted by atomic mass is 16.5. The average molecular weight is 802 g/mol. The van der Waals surface area contributed by atoms with Crippen molar-refractivity contribution in [1.29, 1.82) is 0 Å². The van der Waals surface area contributed by atoms with Crippen molar-refractivity contribution in [2.24, 2.45) is 5.92 Å². The molecule has 2 fully saturated rings. The van der Waals surface area contributed by atoms with Gasteiger partial charge in [-0.25, -0.2) is 0 Å². The number of carbonyl (C=O) groups excluding carboxylic acids is 2. The van der Waals surface area contributed by atoms with Gasteiger partial charge in [0.05, 0.1) is 13.2 Å². The predicted molar refractivity (Wildman–Crippen MR) is 246 cm³/mol. The molecule has 0 aromatic carbocycles. The van der Waals surface area contributed by atoms with Gasteiger partial charge in [-0.15, -0.1) is 0 Å². The lowest BCUT2D eigenvalue weighted by Crippen LogP contribution is -2.54. The van der Waals surface area contributed by atoms with Gasteiger partial charge in [-0.05, 0) is 38.0 Å². The van der Waals surface area contributed by atoms with E-state index in [1.165, 1.54) is 199 Å². The summed E-state index contributed by atoms with van der Waals surface area (Å²) in [4.78, 5) is 32.7. The molecule has 57 heavy (non-hydrogen) atoms. The Balaban J connectivity index is 1.71. The molecule has 0 bridgehead atoms. The van der Waals surface area contributed by atoms with Crippen LogP contribution in [0, 0.1) is 5.92 Å². The van der Waals surface area contributed by atoms with Crippen molar-refractivity contribution in [3.8, 4) is 0 Å². The van der Waals surface area contributed by atoms with E-state index < -0.39 is 0 Å². The van der Waals surface area contributed by atoms with E-state index in [0.29, 0.717) is 13.0 Å². The number of ether oxygens (including phenoxy) is 1. The van der Waals surface area contributed by atoms with Gasteiger partial charge in [0.25, 0.3) is 0 Å². The Morgan fingerprint density at radius 1 is 0.544 bits per heavy atom. The molecule has 1 aliphatic heterocycles. The minimum atomic E-state index is -0.306. The number of nitrogens with zero attached hydrogens (tertiary/aromatic N) is 2. The molecular weight excluding hydrogens is 703 g/mol. The van der Waals surface area contributed by atoms with E-state index in [0.717, 1.165) is 77.9 Å². The lowest BCUT2D eigenvalue weighted by Gasteiger charge is -2.38. The van der Waals surface area contributed by atoms with Gasteiger partial charge in [0.1, 0.15) is 6.04 Å². The van der Waals surface area contributed by atoms with Gasteiger partial charge in [-0.2, -0.15) is 0 Å². The van der Waals surface area contributed by atoms with Gasteiger partial charge in [-0.3, -0.25) is 14.5 Å². The Morgan fingerprint density at radius 3 is 1.39 bits per heavy atom. The Labute approximate surface area is 355 Å². The first kappa shape index (κ1) is 52.0. The van der Waals surface area contributed by atoms with Crippen LogP contribution in [0.1, 0.15) is 258 Å². The molecule has 0 aromatic heterocycles. The third-order valence-corrected chi connectivity index (χ3v) is 13.3. The van der Waals surface area contributed by atoms with Crippen LogP contribution in [0.3, 0.4) is 0 Å². The first-order chi connectivity index (χ1) is 28.2. The first-order valence-corrected chi connectivity index (χ1v) is 26.0. The van der Waals surface area contributed by atoms with E-state index in [4.69, 9.17) is 4.74 Å². The van der Waals surface area contributed by atoms with Crippen LogP contribution in [0.4, 0.5) is 0 Å². The Morgan fingerprint density at radius 2 is 0.947 bits per heavy atom. The van der Waals surface area contributed by atoms with Crippen LogP contribution in [0.15, 0.2) is 0 Å². The molecule has 0 radical (unpaired) electrons. The summed E-state index contributed by atoms with van der Waals surface area (Å²) in [7, 11) is 0. The maximum Gasteiger partial charge on any atom is 0.243 e. The summed E-state index contributed by atoms with van der Waals surface area (Å²) in [6.45, 7) is 10.5. The molecule has 0 aromatic rings. The molecule has 1 saturated heterocycles. The first-order valence-electron chi connectivity index (χ1n) is 26.0. The van der Waals surface area contributed by atoms with E-state index in [9.17, 15) is 9.59 Å². The van der Waals surface area contributed by atoms with Crippen molar-refractivity contribution in [3.05, 3.63) is 0 Å². The fourth-order valence-corrected chi connectivity index (χ4v) is 9.55. The molecule has 1 aliphatic carbocycles. The average Bonchev–Trinajstić information content (AvgIpc) is 3.23. The fraction of sp³-hybridized carbons (Fsp3) is 0.961. The van der Waals surface area contributed by atoms with Crippen LogP contribution in [0.5, 0.6) is 0 Å². The van der Waals surface area contributed by atoms with Gasteiger partial charge < -0.3 is 15.0 Å². The number of amides is 2. The van der Waals surface area contributed by atoms with E-state index in [1.54, 1.807) is 0 Å². The second-order valence-corrected chi connectivity index (χ2v) is 18.5. The lowest BCUT2D eigenvalue weighted by atomic mass is 9.82. The second-order valence-electron chi connectivity index (χ2n) is 18.5. The zero-order valence-electron chi connectivity index (χ0n) is 38.6. The van der Waals surface area contributed by atoms with E-state index in [1.807, 2.05) is 0 Å². The molecule has 336 valence electrons. The third kappa shape index (κ3) is 28.9. The zero-order chi connectivity index (χ0) is 40.7. The number of unbranched alkanes of at least 4 members (excludes halogenated alkanes) is 29. The molecule has 2 rings (SSSR count). The molecule has 1 heterocycles. The summed E-state index contributed by atoms with van der Waals surface area (Å²) in [6.07, 6.45) is 48.9. The number of nitrogens with one attached hydrogen (secondary N) is 1. The highest BCUT2D eigenvalue weighted by molar-refractivity contribution is 5.88. The van der Waals surface area contributed by atoms with Gasteiger partial charge in [0.2, 0.25) is 11.8 Å². The fourth-order valence-electron chi connectivity index (χ4n) is 9.55. The molecule has 1 unspecified atom stereocenters. The monoisotopic (exact) mass is 802 g/mol. The maximum absolute atomic E-state index is 14.1. The Bertz CT molecular complexity index is 887. The van der Waals surface area contributed by atoms with Crippen LogP contribution >= 0.6 is 0 Å². The summed E-state index contributed by atoms with van der Waals surface area (Å²) < 4.78 is 5.58. The molecule has 2 aliphatic rings. The zero-order valence-corrected chi connectivity index (χ0v) is 38.6. The van der Waals surface area contributed by atoms with Gasteiger partial charge in [0.15, 0.2) is 0 Å². The standard InChI is InChI=1S/C51H99N3O3/c1-3-5-7-9-11-13-15-17-19-21-23-25-27-29-31-36-41-52-51(56)50(48-38-33-32-34-39-48)54(43-37-42-53-44-46-57-47-45-53)49(55)40-35-30-28-26-24-22-20-18-16-14-12-10-8-6-4-2/h48,50H,3-47H2,1-2H3,(H,52,56). The van der Waals surface area contributed by atoms with E-state index in [-0.39, 0.29) is 23.8 Å². The Kier molecular flexibility index (Phi) is 35.6. The van der Waals surface area contributed by atoms with Crippen molar-refractivity contribution in [1.82, 2.24) is 15.1 Å². The maximum atomic E-state index is 14.1. The van der Waals surface area contributed by atoms with Gasteiger partial charge in [0, 0.05) is 39.1 Å². The van der Waals surface area contributed by atoms with E-state index >= 15 is 0 Å². The number of rotatable bonds is 40. The molecule has 6 nitrogen and oxygen atoms in total. The molecule has 1 saturated carbocycles. The van der Waals surface area contributed by atoms with Crippen molar-refractivity contribution in [2.45, 2.75) is 264 Å². The number of hydrogen-bond acceptors (Lipinski definition) is 4. The molecule has 2 amide bonds. The summed E-state index contributed by atoms with van der Waals surface area (Å²) in [6, 6.07) is -0.306. The topological polar surface area (TPSA) is 61.9 Å². The minimum Gasteiger partial charge on any atom is -0.379 e. The largest absolute Gasteiger partial charge is 0.379 e. The van der Waals surface area contributed by atoms with Crippen LogP contribution in [-0.4, -0.2) is 73.6 Å². The predicted octanol–water partition coefficient (Wildman–Crippen LogP) is 14.1. The highest BCUT2D eigenvalue weighted by Gasteiger charge is 2.36. The second kappa shape index (κ2) is 39.0. The van der Waals surface area contributed by atoms with Gasteiger partial charge >= 0.3 is 0 Å². The number of hydrogen-bond donors (Lipinski definition) is 1. The summed E-state index contributed by atoms with van der Waals surface area (Å²) in [5.41, 5.74) is 0. The normalized spacial score (nSPS) is 15.9. The molecule has 0 spiro atoms. The summed E-state index contributed by atoms with van der Waals surface area (Å²) in [5, 5.41) is 3.37. The lowest BCUT2D eigenvalue weighted by molar-refractivity contribution is -0.143. The highest BCUT2D eigenvalue weighted by Crippen LogP contribution is 2.30. The van der Waals surface area contributed by atoms with E-state index in [2.05, 4.69) is 29.0 Å². The molecule has 1 atom stereocenters. The number of carbonyl (C=O) groups is 2. The molecular formula is C51H99N3O3. The summed E-state index contributed by atoms with van der Waals surface area (Å²) in [5.74, 6) is 0.636. The van der Waals surface area contributed by atoms with Crippen molar-refractivity contribution < 1.29 is 14.3 Å². The van der Waals surface area contributed by atoms with Crippen LogP contribution in [0.2, 0.25) is 0 Å². The summed E-state index contributed by atoms with van der Waals surface area (Å²) >= 11 is 0. The van der Waals surface area contributed by atoms with Crippen LogP contribution < -0.4 is 5.32 Å². The smallest absolute Gasteiger partial charge is 0.243 e. The Hall–Kier alpha value is -1.14. The quantitative estimate of drug-likeness (QED) is 0.0627. The van der Waals surface area contributed by atoms with Gasteiger partial charge in [-0.1, -0.05) is 219 Å². The third-order valence-electron chi connectivity index (χ3n) is 13.3. The minimum absolute atomic E-state index is 0.124. The molecule has 6 heteroatoms. The van der Waals surface area contributed by atoms with Crippen LogP contribution in [-0.2, 0) is 14.3 Å². The SMILES string of the molecule is CCCCCCCCCCCCCCCCCCNC(=O)C(C1CCCCC1)N(CCCN1CCOCC1)C(=O)CCCCCCCCCCCCCCCCC.